The van der Waals surface area contributed by atoms with Gasteiger partial charge in [0.05, 0.1) is 5.39 Å². The van der Waals surface area contributed by atoms with Gasteiger partial charge in [-0.3, -0.25) is 0 Å². The minimum atomic E-state index is -2.72. The van der Waals surface area contributed by atoms with E-state index in [0.717, 1.165) is 11.3 Å². The summed E-state index contributed by atoms with van der Waals surface area (Å²) < 4.78 is 72.2. The second-order valence-electron chi connectivity index (χ2n) is 5.84. The largest absolute Gasteiger partial charge is 0.367 e. The topological polar surface area (TPSA) is 41.0 Å². The number of hydrogen-bond donors (Lipinski definition) is 1. The van der Waals surface area contributed by atoms with Crippen LogP contribution in [-0.2, 0) is 12.7 Å². The molecular weight excluding hydrogens is 292 g/mol. The monoisotopic (exact) mass is 325 g/mol. The van der Waals surface area contributed by atoms with Gasteiger partial charge in [-0.2, -0.15) is 0 Å². The first-order valence-electron chi connectivity index (χ1n) is 12.0. The summed E-state index contributed by atoms with van der Waals surface area (Å²) in [5, 5.41) is 3.65. The highest BCUT2D eigenvalue weighted by Gasteiger charge is 2.25. The van der Waals surface area contributed by atoms with Crippen molar-refractivity contribution in [3.63, 3.8) is 0 Å². The maximum absolute atomic E-state index is 8.39. The van der Waals surface area contributed by atoms with Gasteiger partial charge in [-0.15, -0.1) is 11.3 Å². The van der Waals surface area contributed by atoms with E-state index in [4.69, 9.17) is 12.3 Å². The highest BCUT2D eigenvalue weighted by atomic mass is 32.1. The SMILES string of the molecule is [2H]C([2H])([2H])N(C)C1CCC(Nc2ncnc3sc4c(c23)C([2H])([2H])C([2H])([2H])C4([2H])[2H])CC1. The average Bonchev–Trinajstić information content (AvgIpc) is 3.12. The number of nitrogens with one attached hydrogen (secondary N) is 1. The minimum absolute atomic E-state index is 0.00399. The number of thiophene rings is 1. The average molecular weight is 326 g/mol. The van der Waals surface area contributed by atoms with Crippen LogP contribution in [0.3, 0.4) is 0 Å². The highest BCUT2D eigenvalue weighted by Crippen LogP contribution is 2.39. The van der Waals surface area contributed by atoms with E-state index in [1.165, 1.54) is 11.2 Å². The van der Waals surface area contributed by atoms with Crippen molar-refractivity contribution >= 4 is 27.4 Å². The summed E-state index contributed by atoms with van der Waals surface area (Å²) in [6, 6.07) is -0.0503. The quantitative estimate of drug-likeness (QED) is 0.938. The van der Waals surface area contributed by atoms with Gasteiger partial charge in [0.15, 0.2) is 0 Å². The summed E-state index contributed by atoms with van der Waals surface area (Å²) >= 11 is 0.966. The standard InChI is InChI=1S/C17H24N4S/c1-21(2)12-8-6-11(7-9-12)20-16-15-13-4-3-5-14(13)22-17(15)19-10-18-16/h10-12H,3-9H2,1-2H3,(H,18,19,20)/i1D3,3D2,4D2,5D2. The Balaban J connectivity index is 1.63. The summed E-state index contributed by atoms with van der Waals surface area (Å²) in [5.41, 5.74) is -0.0126. The normalized spacial score (nSPS) is 38.4. The molecule has 0 saturated heterocycles. The summed E-state index contributed by atoms with van der Waals surface area (Å²) in [7, 11) is 1.61. The molecule has 0 atom stereocenters. The molecule has 4 rings (SSSR count). The third-order valence-corrected chi connectivity index (χ3v) is 5.45. The fourth-order valence-corrected chi connectivity index (χ4v) is 4.15. The number of aryl methyl sites for hydroxylation is 2. The molecule has 2 aromatic heterocycles. The van der Waals surface area contributed by atoms with E-state index >= 15 is 0 Å². The van der Waals surface area contributed by atoms with Crippen LogP contribution in [0.15, 0.2) is 6.33 Å². The first-order valence-corrected chi connectivity index (χ1v) is 8.29. The van der Waals surface area contributed by atoms with Crippen LogP contribution in [-0.4, -0.2) is 41.0 Å². The molecule has 1 N–H and O–H groups in total. The molecule has 5 heteroatoms. The van der Waals surface area contributed by atoms with Crippen molar-refractivity contribution in [2.45, 2.75) is 56.9 Å². The van der Waals surface area contributed by atoms with Crippen molar-refractivity contribution in [1.29, 1.82) is 0 Å². The second kappa shape index (κ2) is 5.78. The molecule has 1 fully saturated rings. The lowest BCUT2D eigenvalue weighted by Gasteiger charge is -2.33. The van der Waals surface area contributed by atoms with Crippen LogP contribution >= 0.6 is 11.3 Å². The van der Waals surface area contributed by atoms with Gasteiger partial charge in [-0.25, -0.2) is 9.97 Å². The minimum Gasteiger partial charge on any atom is -0.367 e. The van der Waals surface area contributed by atoms with E-state index in [1.807, 2.05) is 0 Å². The number of hydrogen-bond acceptors (Lipinski definition) is 5. The van der Waals surface area contributed by atoms with Crippen LogP contribution in [0.5, 0.6) is 0 Å². The Morgan fingerprint density at radius 1 is 1.32 bits per heavy atom. The van der Waals surface area contributed by atoms with Crippen LogP contribution in [0, 0.1) is 0 Å². The van der Waals surface area contributed by atoms with E-state index in [9.17, 15) is 0 Å². The molecular formula is C17H24N4S. The van der Waals surface area contributed by atoms with Crippen molar-refractivity contribution < 1.29 is 12.3 Å². The van der Waals surface area contributed by atoms with Gasteiger partial charge >= 0.3 is 0 Å². The molecule has 22 heavy (non-hydrogen) atoms. The maximum atomic E-state index is 8.39. The summed E-state index contributed by atoms with van der Waals surface area (Å²) in [4.78, 5) is 10.3. The van der Waals surface area contributed by atoms with Crippen molar-refractivity contribution in [1.82, 2.24) is 14.9 Å². The van der Waals surface area contributed by atoms with E-state index in [-0.39, 0.29) is 22.5 Å². The molecule has 0 bridgehead atoms. The Bertz CT molecular complexity index is 995. The zero-order valence-corrected chi connectivity index (χ0v) is 13.1. The van der Waals surface area contributed by atoms with Gasteiger partial charge in [0.1, 0.15) is 17.0 Å². The summed E-state index contributed by atoms with van der Waals surface area (Å²) in [6.45, 7) is -2.13. The van der Waals surface area contributed by atoms with Crippen molar-refractivity contribution in [3.8, 4) is 0 Å². The Morgan fingerprint density at radius 3 is 3.00 bits per heavy atom. The molecule has 2 aliphatic carbocycles. The predicted molar refractivity (Wildman–Crippen MR) is 92.8 cm³/mol. The van der Waals surface area contributed by atoms with Crippen LogP contribution in [0.2, 0.25) is 0 Å². The Hall–Kier alpha value is -1.20. The number of fused-ring (bicyclic) bond motifs is 3. The van der Waals surface area contributed by atoms with Gasteiger partial charge < -0.3 is 10.2 Å². The van der Waals surface area contributed by atoms with Gasteiger partial charge in [-0.05, 0) is 64.4 Å². The van der Waals surface area contributed by atoms with E-state index in [1.54, 1.807) is 7.05 Å². The predicted octanol–water partition coefficient (Wildman–Crippen LogP) is 3.46. The summed E-state index contributed by atoms with van der Waals surface area (Å²) in [6.07, 6.45) is -3.61. The molecule has 0 radical (unpaired) electrons. The Morgan fingerprint density at radius 2 is 2.18 bits per heavy atom. The lowest BCUT2D eigenvalue weighted by molar-refractivity contribution is 0.221. The Kier molecular flexibility index (Phi) is 1.99. The smallest absolute Gasteiger partial charge is 0.138 e. The first kappa shape index (κ1) is 7.58. The van der Waals surface area contributed by atoms with Crippen molar-refractivity contribution in [3.05, 3.63) is 16.8 Å². The van der Waals surface area contributed by atoms with Gasteiger partial charge in [0.2, 0.25) is 0 Å². The van der Waals surface area contributed by atoms with E-state index < -0.39 is 26.1 Å². The van der Waals surface area contributed by atoms with Crippen molar-refractivity contribution in [2.24, 2.45) is 0 Å². The van der Waals surface area contributed by atoms with Crippen LogP contribution in [0.25, 0.3) is 10.2 Å². The maximum Gasteiger partial charge on any atom is 0.138 e. The van der Waals surface area contributed by atoms with Crippen molar-refractivity contribution in [2.75, 3.05) is 19.3 Å². The van der Waals surface area contributed by atoms with Gasteiger partial charge in [-0.1, -0.05) is 0 Å². The first-order chi connectivity index (χ1) is 14.2. The van der Waals surface area contributed by atoms with Gasteiger partial charge in [0, 0.05) is 29.3 Å². The molecule has 2 aromatic rings. The van der Waals surface area contributed by atoms with Crippen LogP contribution < -0.4 is 5.32 Å². The third-order valence-electron chi connectivity index (χ3n) is 4.44. The zero-order chi connectivity index (χ0) is 23.0. The lowest BCUT2D eigenvalue weighted by atomic mass is 9.90. The molecule has 0 amide bonds. The second-order valence-corrected chi connectivity index (χ2v) is 6.84. The lowest BCUT2D eigenvalue weighted by Crippen LogP contribution is -2.36. The molecule has 0 aromatic carbocycles. The molecule has 118 valence electrons. The summed E-state index contributed by atoms with van der Waals surface area (Å²) in [5.74, 6) is 0.368. The van der Waals surface area contributed by atoms with Crippen LogP contribution in [0.4, 0.5) is 5.82 Å². The van der Waals surface area contributed by atoms with Gasteiger partial charge in [0.25, 0.3) is 0 Å². The molecule has 0 spiro atoms. The molecule has 2 heterocycles. The molecule has 0 unspecified atom stereocenters. The molecule has 1 saturated carbocycles. The third kappa shape index (κ3) is 2.50. The number of nitrogens with zero attached hydrogens (tertiary/aromatic N) is 3. The number of anilines is 1. The number of rotatable bonds is 3. The van der Waals surface area contributed by atoms with E-state index in [2.05, 4.69) is 15.3 Å². The fraction of sp³-hybridized carbons (Fsp3) is 0.647. The van der Waals surface area contributed by atoms with E-state index in [0.29, 0.717) is 41.7 Å². The fourth-order valence-electron chi connectivity index (χ4n) is 3.20. The molecule has 2 aliphatic rings. The highest BCUT2D eigenvalue weighted by molar-refractivity contribution is 7.19. The molecule has 0 aliphatic heterocycles. The number of aromatic nitrogens is 2. The van der Waals surface area contributed by atoms with Crippen LogP contribution in [0.1, 0.15) is 54.8 Å². The Labute approximate surface area is 148 Å². The zero-order valence-electron chi connectivity index (χ0n) is 21.3. The molecule has 4 nitrogen and oxygen atoms in total.